The predicted molar refractivity (Wildman–Crippen MR) is 8.34 cm³/mol. The summed E-state index contributed by atoms with van der Waals surface area (Å²) >= 11 is 0. The van der Waals surface area contributed by atoms with E-state index in [9.17, 15) is 0 Å². The smallest absolute Gasteiger partial charge is 1.00 e. The molecule has 0 saturated heterocycles. The van der Waals surface area contributed by atoms with E-state index in [4.69, 9.17) is 0 Å². The molecule has 0 aliphatic heterocycles. The van der Waals surface area contributed by atoms with E-state index in [0.29, 0.717) is 0 Å². The molecule has 0 amide bonds. The monoisotopic (exact) mass is 54.1 g/mol. The van der Waals surface area contributed by atoms with Crippen LogP contribution in [-0.2, 0) is 0 Å². The second kappa shape index (κ2) is 33.0. The molecule has 1 nitrogen and oxygen atoms in total. The van der Waals surface area contributed by atoms with Crippen molar-refractivity contribution in [2.75, 3.05) is 0 Å². The van der Waals surface area contributed by atoms with Crippen LogP contribution >= 0.6 is 0 Å². The van der Waals surface area contributed by atoms with Crippen LogP contribution in [0.5, 0.6) is 0 Å². The van der Waals surface area contributed by atoms with Crippen LogP contribution in [0.4, 0.5) is 4.70 Å². The fraction of sp³-hybridized carbons (Fsp3) is 0. The van der Waals surface area contributed by atoms with Crippen molar-refractivity contribution in [3.05, 3.63) is 0 Å². The molecule has 0 spiro atoms. The number of rotatable bonds is 0. The van der Waals surface area contributed by atoms with Crippen molar-refractivity contribution >= 4 is 0 Å². The van der Waals surface area contributed by atoms with Gasteiger partial charge in [-0.1, -0.05) is 0 Å². The van der Waals surface area contributed by atoms with Gasteiger partial charge in [-0.3, -0.25) is 4.70 Å². The minimum Gasteiger partial charge on any atom is -1.00 e. The van der Waals surface area contributed by atoms with Gasteiger partial charge in [-0.05, 0) is 0 Å². The molecule has 0 aliphatic carbocycles. The maximum Gasteiger partial charge on any atom is 1.00 e. The average Bonchev–Trinajstić information content (AvgIpc) is 0. The van der Waals surface area contributed by atoms with Crippen molar-refractivity contribution in [1.82, 2.24) is 0 Å². The van der Waals surface area contributed by atoms with E-state index < -0.39 is 0 Å². The Morgan fingerprint density at radius 2 is 1.00 bits per heavy atom. The quantitative estimate of drug-likeness (QED) is 0.246. The number of hydrogen-bond acceptors (Lipinski definition) is 0. The minimum absolute atomic E-state index is 0. The van der Waals surface area contributed by atoms with Crippen LogP contribution in [0.15, 0.2) is 0 Å². The van der Waals surface area contributed by atoms with Crippen molar-refractivity contribution in [1.29, 1.82) is 0 Å². The molecule has 0 atom stereocenters. The Bertz CT molecular complexity index is 11.5. The van der Waals surface area contributed by atoms with Crippen LogP contribution in [0.3, 0.4) is 0 Å². The van der Waals surface area contributed by atoms with E-state index in [-0.39, 0.29) is 50.8 Å². The molecule has 0 radical (unpaired) electrons. The zero-order valence-corrected chi connectivity index (χ0v) is 2.91. The summed E-state index contributed by atoms with van der Waals surface area (Å²) in [6.07, 6.45) is 0. The topological polar surface area (TPSA) is 31.5 Å². The van der Waals surface area contributed by atoms with Gasteiger partial charge in [-0.15, -0.1) is 0 Å². The van der Waals surface area contributed by atoms with Crippen molar-refractivity contribution in [2.45, 2.75) is 0 Å². The van der Waals surface area contributed by atoms with Gasteiger partial charge in [-0.25, -0.2) is 0 Å². The summed E-state index contributed by atoms with van der Waals surface area (Å²) in [6.45, 7) is 0. The van der Waals surface area contributed by atoms with E-state index in [1.165, 1.54) is 0 Å². The van der Waals surface area contributed by atoms with Gasteiger partial charge < -0.3 is 8.33 Å². The van der Waals surface area contributed by atoms with Crippen LogP contribution in [0.25, 0.3) is 0 Å². The molecule has 20 valence electrons. The second-order valence-corrected chi connectivity index (χ2v) is 0. The largest absolute Gasteiger partial charge is 1.00 e. The third-order valence-corrected chi connectivity index (χ3v) is 0. The molecule has 4 heavy (non-hydrogen) atoms. The van der Waals surface area contributed by atoms with Crippen molar-refractivity contribution < 1.29 is 50.8 Å². The van der Waals surface area contributed by atoms with Crippen molar-refractivity contribution in [3.8, 4) is 0 Å². The first kappa shape index (κ1) is 72.1. The predicted octanol–water partition coefficient (Wildman–Crippen LogP) is -6.44. The molecule has 0 aromatic heterocycles. The molecular weight excluding hydrogens is 48.9 g/mol. The molecule has 4 heteroatoms. The molecular formula is H5FLi2O. The summed E-state index contributed by atoms with van der Waals surface area (Å²) in [5, 5.41) is 0. The third-order valence-electron chi connectivity index (χ3n) is 0. The van der Waals surface area contributed by atoms with Gasteiger partial charge in [0.15, 0.2) is 0 Å². The van der Waals surface area contributed by atoms with Crippen LogP contribution in [-0.4, -0.2) is 5.48 Å². The van der Waals surface area contributed by atoms with E-state index in [2.05, 4.69) is 0 Å². The molecule has 0 heterocycles. The van der Waals surface area contributed by atoms with Gasteiger partial charge in [0.25, 0.3) is 0 Å². The molecule has 0 unspecified atom stereocenters. The standard InChI is InChI=1S/FH.2Li.H2O.2H/h1H;;;1H2;;/q;2*+1;;2*-1. The van der Waals surface area contributed by atoms with Crippen molar-refractivity contribution in [2.24, 2.45) is 0 Å². The fourth-order valence-corrected chi connectivity index (χ4v) is 0. The normalized spacial score (nSPS) is 0. The third kappa shape index (κ3) is 11.4. The second-order valence-electron chi connectivity index (χ2n) is 0. The van der Waals surface area contributed by atoms with Gasteiger partial charge in [0.1, 0.15) is 0 Å². The van der Waals surface area contributed by atoms with Gasteiger partial charge in [0.2, 0.25) is 0 Å². The van der Waals surface area contributed by atoms with Crippen molar-refractivity contribution in [3.63, 3.8) is 0 Å². The summed E-state index contributed by atoms with van der Waals surface area (Å²) in [7, 11) is 0. The zero-order chi connectivity index (χ0) is 0. The minimum atomic E-state index is 0. The first-order valence-corrected chi connectivity index (χ1v) is 0. The van der Waals surface area contributed by atoms with Gasteiger partial charge in [-0.2, -0.15) is 0 Å². The molecule has 0 aromatic rings. The molecule has 0 rings (SSSR count). The maximum atomic E-state index is 0. The van der Waals surface area contributed by atoms with E-state index in [0.717, 1.165) is 0 Å². The Morgan fingerprint density at radius 1 is 1.00 bits per heavy atom. The van der Waals surface area contributed by atoms with Gasteiger partial charge in [0, 0.05) is 0 Å². The fourth-order valence-electron chi connectivity index (χ4n) is 0. The first-order chi connectivity index (χ1) is 0. The molecule has 0 bridgehead atoms. The number of halogens is 1. The van der Waals surface area contributed by atoms with Crippen LogP contribution < -0.4 is 37.7 Å². The van der Waals surface area contributed by atoms with E-state index in [1.807, 2.05) is 0 Å². The zero-order valence-electron chi connectivity index (χ0n) is 4.91. The molecule has 0 aliphatic rings. The average molecular weight is 53.9 g/mol. The Labute approximate surface area is 51.1 Å². The first-order valence-electron chi connectivity index (χ1n) is 0. The Kier molecular flexibility index (Phi) is 595. The Morgan fingerprint density at radius 3 is 1.00 bits per heavy atom. The SMILES string of the molecule is F.O.[H-].[H-].[Li+].[Li+]. The molecule has 0 saturated carbocycles. The van der Waals surface area contributed by atoms with Crippen LogP contribution in [0, 0.1) is 0 Å². The summed E-state index contributed by atoms with van der Waals surface area (Å²) in [6, 6.07) is 0. The van der Waals surface area contributed by atoms with E-state index in [1.54, 1.807) is 0 Å². The summed E-state index contributed by atoms with van der Waals surface area (Å²) in [5.74, 6) is 0. The van der Waals surface area contributed by atoms with Crippen LogP contribution in [0.2, 0.25) is 0 Å². The summed E-state index contributed by atoms with van der Waals surface area (Å²) in [5.41, 5.74) is 0. The van der Waals surface area contributed by atoms with Crippen LogP contribution in [0.1, 0.15) is 2.85 Å². The Balaban J connectivity index is 0. The van der Waals surface area contributed by atoms with Gasteiger partial charge in [0.05, 0.1) is 0 Å². The summed E-state index contributed by atoms with van der Waals surface area (Å²) < 4.78 is 0. The summed E-state index contributed by atoms with van der Waals surface area (Å²) in [4.78, 5) is 0. The van der Waals surface area contributed by atoms with Gasteiger partial charge >= 0.3 is 37.7 Å². The van der Waals surface area contributed by atoms with E-state index >= 15 is 0 Å². The number of hydrogen-bond donors (Lipinski definition) is 0. The molecule has 2 N–H and O–H groups in total. The molecule has 0 aromatic carbocycles. The maximum absolute atomic E-state index is 0. The Hall–Kier alpha value is 1.08. The molecule has 0 fully saturated rings.